The van der Waals surface area contributed by atoms with Gasteiger partial charge >= 0.3 is 0 Å². The largest absolute Gasteiger partial charge is 0.493 e. The lowest BCUT2D eigenvalue weighted by Crippen LogP contribution is -2.04. The van der Waals surface area contributed by atoms with Crippen molar-refractivity contribution < 1.29 is 9.15 Å². The lowest BCUT2D eigenvalue weighted by molar-refractivity contribution is 0.320. The zero-order valence-electron chi connectivity index (χ0n) is 15.3. The van der Waals surface area contributed by atoms with E-state index < -0.39 is 0 Å². The van der Waals surface area contributed by atoms with Crippen LogP contribution in [0.15, 0.2) is 64.7 Å². The molecule has 0 radical (unpaired) electrons. The van der Waals surface area contributed by atoms with E-state index >= 15 is 0 Å². The number of nitrogens with zero attached hydrogens (tertiary/aromatic N) is 1. The van der Waals surface area contributed by atoms with Crippen LogP contribution in [0.1, 0.15) is 17.0 Å². The lowest BCUT2D eigenvalue weighted by atomic mass is 10.2. The van der Waals surface area contributed by atoms with Crippen LogP contribution in [0.25, 0.3) is 17.5 Å². The van der Waals surface area contributed by atoms with E-state index in [1.165, 1.54) is 11.3 Å². The molecule has 1 saturated heterocycles. The van der Waals surface area contributed by atoms with Crippen molar-refractivity contribution in [3.8, 4) is 17.2 Å². The number of thioether (sulfide) groups is 1. The molecule has 5 heteroatoms. The summed E-state index contributed by atoms with van der Waals surface area (Å²) in [5.74, 6) is 4.44. The third-order valence-corrected chi connectivity index (χ3v) is 5.26. The van der Waals surface area contributed by atoms with E-state index in [0.29, 0.717) is 12.5 Å². The van der Waals surface area contributed by atoms with E-state index in [1.807, 2.05) is 61.2 Å². The van der Waals surface area contributed by atoms with Gasteiger partial charge in [-0.15, -0.1) is 11.8 Å². The Morgan fingerprint density at radius 1 is 1.15 bits per heavy atom. The highest BCUT2D eigenvalue weighted by Crippen LogP contribution is 2.22. The van der Waals surface area contributed by atoms with E-state index in [9.17, 15) is 0 Å². The summed E-state index contributed by atoms with van der Waals surface area (Å²) in [7, 11) is 0. The van der Waals surface area contributed by atoms with Crippen LogP contribution in [0.2, 0.25) is 0 Å². The number of hydrogen-bond acceptors (Lipinski definition) is 5. The van der Waals surface area contributed by atoms with E-state index in [2.05, 4.69) is 28.5 Å². The van der Waals surface area contributed by atoms with Gasteiger partial charge < -0.3 is 14.5 Å². The van der Waals surface area contributed by atoms with Crippen LogP contribution in [0.3, 0.4) is 0 Å². The molecule has 0 amide bonds. The van der Waals surface area contributed by atoms with E-state index in [-0.39, 0.29) is 0 Å². The minimum Gasteiger partial charge on any atom is -0.493 e. The van der Waals surface area contributed by atoms with Crippen molar-refractivity contribution >= 4 is 17.8 Å². The Hall–Kier alpha value is -2.66. The van der Waals surface area contributed by atoms with Crippen molar-refractivity contribution in [2.24, 2.45) is 0 Å². The molecule has 0 saturated carbocycles. The van der Waals surface area contributed by atoms with Gasteiger partial charge in [0.15, 0.2) is 0 Å². The fourth-order valence-corrected chi connectivity index (χ4v) is 3.73. The summed E-state index contributed by atoms with van der Waals surface area (Å²) in [4.78, 5) is 4.62. The van der Waals surface area contributed by atoms with Crippen LogP contribution in [0, 0.1) is 6.92 Å². The summed E-state index contributed by atoms with van der Waals surface area (Å²) in [6.07, 6.45) is 2.91. The minimum atomic E-state index is 0.570. The first-order valence-electron chi connectivity index (χ1n) is 9.05. The second kappa shape index (κ2) is 8.35. The standard InChI is InChI=1S/C22H22N2O2S/c1-16-21(24-22(26-16)18-5-3-2-4-6-18)11-12-25-20-9-7-17(8-10-20)13-19-14-27-15-23-19/h2-10,13,23H,11-12,14-15H2,1H3. The zero-order valence-corrected chi connectivity index (χ0v) is 16.1. The molecule has 0 spiro atoms. The van der Waals surface area contributed by atoms with Gasteiger partial charge in [0.05, 0.1) is 18.2 Å². The SMILES string of the molecule is Cc1oc(-c2ccccc2)nc1CCOc1ccc(C=C2CSCN2)cc1. The van der Waals surface area contributed by atoms with Gasteiger partial charge in [0.1, 0.15) is 11.5 Å². The van der Waals surface area contributed by atoms with E-state index in [1.54, 1.807) is 0 Å². The molecule has 138 valence electrons. The number of aromatic nitrogens is 1. The number of oxazole rings is 1. The third-order valence-electron chi connectivity index (χ3n) is 4.40. The molecule has 1 aliphatic rings. The van der Waals surface area contributed by atoms with Crippen molar-refractivity contribution in [3.05, 3.63) is 77.3 Å². The van der Waals surface area contributed by atoms with Crippen LogP contribution in [-0.4, -0.2) is 23.2 Å². The Bertz CT molecular complexity index is 909. The van der Waals surface area contributed by atoms with Crippen LogP contribution >= 0.6 is 11.8 Å². The number of nitrogens with one attached hydrogen (secondary N) is 1. The topological polar surface area (TPSA) is 47.3 Å². The maximum atomic E-state index is 5.88. The van der Waals surface area contributed by atoms with Crippen LogP contribution in [0.5, 0.6) is 5.75 Å². The highest BCUT2D eigenvalue weighted by Gasteiger charge is 2.11. The molecule has 1 aromatic heterocycles. The second-order valence-corrected chi connectivity index (χ2v) is 7.38. The van der Waals surface area contributed by atoms with Crippen LogP contribution in [-0.2, 0) is 6.42 Å². The van der Waals surface area contributed by atoms with Crippen molar-refractivity contribution in [2.75, 3.05) is 18.2 Å². The fraction of sp³-hybridized carbons (Fsp3) is 0.227. The molecular weight excluding hydrogens is 356 g/mol. The van der Waals surface area contributed by atoms with E-state index in [0.717, 1.165) is 40.8 Å². The van der Waals surface area contributed by atoms with Gasteiger partial charge in [-0.1, -0.05) is 30.3 Å². The van der Waals surface area contributed by atoms with Crippen LogP contribution < -0.4 is 10.1 Å². The summed E-state index contributed by atoms with van der Waals surface area (Å²) in [5, 5.41) is 3.37. The molecule has 4 nitrogen and oxygen atoms in total. The number of hydrogen-bond donors (Lipinski definition) is 1. The smallest absolute Gasteiger partial charge is 0.226 e. The molecule has 3 aromatic rings. The van der Waals surface area contributed by atoms with Crippen molar-refractivity contribution in [2.45, 2.75) is 13.3 Å². The van der Waals surface area contributed by atoms with Crippen LogP contribution in [0.4, 0.5) is 0 Å². The molecule has 27 heavy (non-hydrogen) atoms. The summed E-state index contributed by atoms with van der Waals surface area (Å²) < 4.78 is 11.7. The number of aryl methyl sites for hydroxylation is 1. The molecule has 2 heterocycles. The highest BCUT2D eigenvalue weighted by atomic mass is 32.2. The number of rotatable bonds is 6. The molecule has 1 N–H and O–H groups in total. The fourth-order valence-electron chi connectivity index (χ4n) is 2.94. The maximum Gasteiger partial charge on any atom is 0.226 e. The van der Waals surface area contributed by atoms with Gasteiger partial charge in [-0.2, -0.15) is 0 Å². The van der Waals surface area contributed by atoms with Crippen molar-refractivity contribution in [3.63, 3.8) is 0 Å². The van der Waals surface area contributed by atoms with E-state index in [4.69, 9.17) is 9.15 Å². The number of benzene rings is 2. The maximum absolute atomic E-state index is 5.88. The Balaban J connectivity index is 1.33. The molecule has 0 unspecified atom stereocenters. The quantitative estimate of drug-likeness (QED) is 0.661. The predicted molar refractivity (Wildman–Crippen MR) is 111 cm³/mol. The molecule has 1 aliphatic heterocycles. The first kappa shape index (κ1) is 17.7. The Morgan fingerprint density at radius 3 is 2.70 bits per heavy atom. The van der Waals surface area contributed by atoms with Gasteiger partial charge in [-0.3, -0.25) is 0 Å². The molecule has 0 atom stereocenters. The summed E-state index contributed by atoms with van der Waals surface area (Å²) in [6, 6.07) is 18.2. The predicted octanol–water partition coefficient (Wildman–Crippen LogP) is 4.91. The van der Waals surface area contributed by atoms with Crippen molar-refractivity contribution in [1.82, 2.24) is 10.3 Å². The Morgan fingerprint density at radius 2 is 1.96 bits per heavy atom. The van der Waals surface area contributed by atoms with Gasteiger partial charge in [0, 0.05) is 23.4 Å². The van der Waals surface area contributed by atoms with Gasteiger partial charge in [0.2, 0.25) is 5.89 Å². The van der Waals surface area contributed by atoms with Gasteiger partial charge in [-0.05, 0) is 42.8 Å². The van der Waals surface area contributed by atoms with Crippen molar-refractivity contribution in [1.29, 1.82) is 0 Å². The lowest BCUT2D eigenvalue weighted by Gasteiger charge is -2.06. The summed E-state index contributed by atoms with van der Waals surface area (Å²) in [6.45, 7) is 2.52. The minimum absolute atomic E-state index is 0.570. The Kier molecular flexibility index (Phi) is 5.49. The molecular formula is C22H22N2O2S. The normalized spacial score (nSPS) is 15.1. The summed E-state index contributed by atoms with van der Waals surface area (Å²) >= 11 is 1.90. The average Bonchev–Trinajstić information content (AvgIpc) is 3.34. The first-order valence-corrected chi connectivity index (χ1v) is 10.2. The first-order chi connectivity index (χ1) is 13.3. The monoisotopic (exact) mass is 378 g/mol. The van der Waals surface area contributed by atoms with Gasteiger partial charge in [-0.25, -0.2) is 4.98 Å². The molecule has 1 fully saturated rings. The second-order valence-electron chi connectivity index (χ2n) is 6.39. The average molecular weight is 378 g/mol. The molecule has 4 rings (SSSR count). The molecule has 2 aromatic carbocycles. The third kappa shape index (κ3) is 4.55. The molecule has 0 aliphatic carbocycles. The highest BCUT2D eigenvalue weighted by molar-refractivity contribution is 7.99. The summed E-state index contributed by atoms with van der Waals surface area (Å²) in [5.41, 5.74) is 4.41. The Labute approximate surface area is 163 Å². The zero-order chi connectivity index (χ0) is 18.5. The number of ether oxygens (including phenoxy) is 1. The van der Waals surface area contributed by atoms with Gasteiger partial charge in [0.25, 0.3) is 0 Å². The molecule has 0 bridgehead atoms.